The quantitative estimate of drug-likeness (QED) is 0.650. The van der Waals surface area contributed by atoms with Crippen molar-refractivity contribution in [3.63, 3.8) is 0 Å². The van der Waals surface area contributed by atoms with Crippen molar-refractivity contribution in [3.05, 3.63) is 21.0 Å². The molecule has 0 aliphatic rings. The summed E-state index contributed by atoms with van der Waals surface area (Å²) >= 11 is 0. The van der Waals surface area contributed by atoms with E-state index in [1.807, 2.05) is 11.9 Å². The van der Waals surface area contributed by atoms with E-state index in [-0.39, 0.29) is 5.95 Å². The fourth-order valence-corrected chi connectivity index (χ4v) is 0.988. The summed E-state index contributed by atoms with van der Waals surface area (Å²) in [7, 11) is 0. The van der Waals surface area contributed by atoms with Crippen LogP contribution in [0.5, 0.6) is 0 Å². The highest BCUT2D eigenvalue weighted by molar-refractivity contribution is 5.13. The Hall–Kier alpha value is -1.59. The van der Waals surface area contributed by atoms with E-state index in [2.05, 4.69) is 4.98 Å². The highest BCUT2D eigenvalue weighted by atomic mass is 16.2. The maximum atomic E-state index is 11.2. The summed E-state index contributed by atoms with van der Waals surface area (Å²) in [6.07, 6.45) is 1.78. The van der Waals surface area contributed by atoms with Crippen molar-refractivity contribution < 1.29 is 0 Å². The van der Waals surface area contributed by atoms with Gasteiger partial charge in [-0.05, 0) is 6.42 Å². The van der Waals surface area contributed by atoms with Crippen molar-refractivity contribution in [1.82, 2.24) is 14.5 Å². The molecule has 0 aliphatic heterocycles. The maximum Gasteiger partial charge on any atom is 0.352 e. The van der Waals surface area contributed by atoms with Crippen LogP contribution in [0.3, 0.4) is 0 Å². The fraction of sp³-hybridized carbons (Fsp3) is 0.571. The lowest BCUT2D eigenvalue weighted by molar-refractivity contribution is 0.592. The molecule has 0 aromatic carbocycles. The first kappa shape index (κ1) is 9.50. The zero-order valence-electron chi connectivity index (χ0n) is 7.41. The predicted molar refractivity (Wildman–Crippen MR) is 48.4 cm³/mol. The van der Waals surface area contributed by atoms with Crippen molar-refractivity contribution in [2.75, 3.05) is 5.73 Å². The monoisotopic (exact) mass is 184 g/mol. The number of nitrogen functional groups attached to an aromatic ring is 1. The van der Waals surface area contributed by atoms with Crippen molar-refractivity contribution in [1.29, 1.82) is 0 Å². The van der Waals surface area contributed by atoms with E-state index in [1.165, 1.54) is 4.57 Å². The fourth-order valence-electron chi connectivity index (χ4n) is 0.988. The molecule has 6 nitrogen and oxygen atoms in total. The van der Waals surface area contributed by atoms with E-state index in [0.717, 1.165) is 12.8 Å². The van der Waals surface area contributed by atoms with Crippen LogP contribution in [0.15, 0.2) is 9.59 Å². The molecule has 0 fully saturated rings. The van der Waals surface area contributed by atoms with Gasteiger partial charge in [-0.1, -0.05) is 13.3 Å². The Labute approximate surface area is 74.4 Å². The number of nitrogens with zero attached hydrogens (tertiary/aromatic N) is 2. The molecule has 0 saturated heterocycles. The van der Waals surface area contributed by atoms with Crippen LogP contribution >= 0.6 is 0 Å². The lowest BCUT2D eigenvalue weighted by atomic mass is 10.3. The number of hydrogen-bond acceptors (Lipinski definition) is 4. The smallest absolute Gasteiger partial charge is 0.352 e. The summed E-state index contributed by atoms with van der Waals surface area (Å²) < 4.78 is 1.25. The van der Waals surface area contributed by atoms with Gasteiger partial charge in [0.25, 0.3) is 0 Å². The van der Waals surface area contributed by atoms with Crippen LogP contribution < -0.4 is 17.1 Å². The highest BCUT2D eigenvalue weighted by Crippen LogP contribution is 1.94. The zero-order valence-corrected chi connectivity index (χ0v) is 7.41. The van der Waals surface area contributed by atoms with Gasteiger partial charge in [0.1, 0.15) is 0 Å². The molecule has 1 aromatic rings. The molecule has 13 heavy (non-hydrogen) atoms. The molecule has 72 valence electrons. The Morgan fingerprint density at radius 2 is 2.23 bits per heavy atom. The highest BCUT2D eigenvalue weighted by Gasteiger charge is 2.02. The molecule has 0 amide bonds. The molecule has 6 heteroatoms. The number of rotatable bonds is 3. The van der Waals surface area contributed by atoms with Gasteiger partial charge in [0.15, 0.2) is 0 Å². The summed E-state index contributed by atoms with van der Waals surface area (Å²) in [6, 6.07) is 0. The van der Waals surface area contributed by atoms with Crippen molar-refractivity contribution in [3.8, 4) is 0 Å². The Morgan fingerprint density at radius 1 is 1.54 bits per heavy atom. The number of unbranched alkanes of at least 4 members (excludes halogenated alkanes) is 1. The Balaban J connectivity index is 3.07. The second kappa shape index (κ2) is 3.88. The van der Waals surface area contributed by atoms with E-state index in [1.54, 1.807) is 0 Å². The molecule has 0 saturated carbocycles. The minimum absolute atomic E-state index is 0.0257. The van der Waals surface area contributed by atoms with Crippen molar-refractivity contribution in [2.45, 2.75) is 26.3 Å². The van der Waals surface area contributed by atoms with Gasteiger partial charge in [0.2, 0.25) is 5.95 Å². The van der Waals surface area contributed by atoms with E-state index in [9.17, 15) is 9.59 Å². The Morgan fingerprint density at radius 3 is 2.77 bits per heavy atom. The zero-order chi connectivity index (χ0) is 9.84. The van der Waals surface area contributed by atoms with E-state index < -0.39 is 11.4 Å². The maximum absolute atomic E-state index is 11.2. The van der Waals surface area contributed by atoms with Crippen molar-refractivity contribution >= 4 is 5.95 Å². The summed E-state index contributed by atoms with van der Waals surface area (Å²) in [5.41, 5.74) is 4.20. The third-order valence-corrected chi connectivity index (χ3v) is 1.69. The van der Waals surface area contributed by atoms with Crippen LogP contribution in [-0.2, 0) is 6.54 Å². The van der Waals surface area contributed by atoms with Crippen LogP contribution in [-0.4, -0.2) is 14.5 Å². The molecule has 0 atom stereocenters. The predicted octanol–water partition coefficient (Wildman–Crippen LogP) is -0.686. The number of aromatic nitrogens is 3. The van der Waals surface area contributed by atoms with E-state index in [4.69, 9.17) is 5.73 Å². The molecule has 0 aliphatic carbocycles. The molecule has 3 N–H and O–H groups in total. The molecule has 0 spiro atoms. The van der Waals surface area contributed by atoms with Gasteiger partial charge >= 0.3 is 11.4 Å². The van der Waals surface area contributed by atoms with Crippen LogP contribution in [0.2, 0.25) is 0 Å². The number of H-pyrrole nitrogens is 1. The molecule has 1 heterocycles. The van der Waals surface area contributed by atoms with Gasteiger partial charge in [-0.3, -0.25) is 9.55 Å². The topological polar surface area (TPSA) is 93.8 Å². The van der Waals surface area contributed by atoms with Gasteiger partial charge in [-0.2, -0.15) is 4.98 Å². The minimum atomic E-state index is -0.699. The molecular formula is C7H12N4O2. The Kier molecular flexibility index (Phi) is 2.84. The molecule has 1 aromatic heterocycles. The molecule has 0 bridgehead atoms. The summed E-state index contributed by atoms with van der Waals surface area (Å²) in [5.74, 6) is -0.0257. The molecule has 0 radical (unpaired) electrons. The number of nitrogens with two attached hydrogens (primary N) is 1. The first-order chi connectivity index (χ1) is 6.15. The van der Waals surface area contributed by atoms with Gasteiger partial charge in [0, 0.05) is 6.54 Å². The average Bonchev–Trinajstić information content (AvgIpc) is 2.02. The molecule has 0 unspecified atom stereocenters. The first-order valence-corrected chi connectivity index (χ1v) is 4.11. The van der Waals surface area contributed by atoms with Crippen LogP contribution in [0.1, 0.15) is 19.8 Å². The van der Waals surface area contributed by atoms with Gasteiger partial charge in [0.05, 0.1) is 0 Å². The SMILES string of the molecule is CCCCn1c(N)nc(=O)[nH]c1=O. The largest absolute Gasteiger partial charge is 0.369 e. The lowest BCUT2D eigenvalue weighted by Crippen LogP contribution is -2.34. The summed E-state index contributed by atoms with van der Waals surface area (Å²) in [5, 5.41) is 0. The first-order valence-electron chi connectivity index (χ1n) is 4.11. The summed E-state index contributed by atoms with van der Waals surface area (Å²) in [4.78, 5) is 27.3. The van der Waals surface area contributed by atoms with E-state index >= 15 is 0 Å². The third-order valence-electron chi connectivity index (χ3n) is 1.69. The third kappa shape index (κ3) is 2.17. The van der Waals surface area contributed by atoms with Crippen LogP contribution in [0, 0.1) is 0 Å². The van der Waals surface area contributed by atoms with Crippen LogP contribution in [0.25, 0.3) is 0 Å². The Bertz CT molecular complexity index is 392. The average molecular weight is 184 g/mol. The summed E-state index contributed by atoms with van der Waals surface area (Å²) in [6.45, 7) is 2.49. The molecular weight excluding hydrogens is 172 g/mol. The van der Waals surface area contributed by atoms with Gasteiger partial charge in [-0.15, -0.1) is 0 Å². The van der Waals surface area contributed by atoms with E-state index in [0.29, 0.717) is 6.54 Å². The second-order valence-corrected chi connectivity index (χ2v) is 2.71. The second-order valence-electron chi connectivity index (χ2n) is 2.71. The number of aromatic amines is 1. The normalized spacial score (nSPS) is 10.2. The number of anilines is 1. The van der Waals surface area contributed by atoms with Gasteiger partial charge < -0.3 is 5.73 Å². The van der Waals surface area contributed by atoms with Gasteiger partial charge in [-0.25, -0.2) is 9.59 Å². The number of hydrogen-bond donors (Lipinski definition) is 2. The van der Waals surface area contributed by atoms with Crippen LogP contribution in [0.4, 0.5) is 5.95 Å². The minimum Gasteiger partial charge on any atom is -0.369 e. The number of nitrogens with one attached hydrogen (secondary N) is 1. The lowest BCUT2D eigenvalue weighted by Gasteiger charge is -2.04. The standard InChI is InChI=1S/C7H12N4O2/c1-2-3-4-11-5(8)9-6(12)10-7(11)13/h2-4H2,1H3,(H3,8,9,10,12,13). The van der Waals surface area contributed by atoms with Crippen molar-refractivity contribution in [2.24, 2.45) is 0 Å². The molecule has 1 rings (SSSR count).